The number of carbonyl (C=O) groups excluding carboxylic acids is 1. The summed E-state index contributed by atoms with van der Waals surface area (Å²) < 4.78 is 0. The predicted molar refractivity (Wildman–Crippen MR) is 47.8 cm³/mol. The van der Waals surface area contributed by atoms with Gasteiger partial charge in [-0.3, -0.25) is 4.79 Å². The summed E-state index contributed by atoms with van der Waals surface area (Å²) in [6.07, 6.45) is 7.16. The maximum Gasteiger partial charge on any atom is 0.135 e. The highest BCUT2D eigenvalue weighted by atomic mass is 16.3. The molecule has 0 bridgehead atoms. The summed E-state index contributed by atoms with van der Waals surface area (Å²) in [6, 6.07) is 0. The van der Waals surface area contributed by atoms with Gasteiger partial charge in [0.2, 0.25) is 0 Å². The van der Waals surface area contributed by atoms with Crippen LogP contribution in [0.2, 0.25) is 0 Å². The lowest BCUT2D eigenvalue weighted by Gasteiger charge is -2.20. The van der Waals surface area contributed by atoms with Gasteiger partial charge in [0.1, 0.15) is 5.78 Å². The lowest BCUT2D eigenvalue weighted by molar-refractivity contribution is -0.124. The monoisotopic (exact) mass is 168 g/mol. The number of ketones is 1. The molecule has 0 saturated heterocycles. The molecule has 12 heavy (non-hydrogen) atoms. The normalized spacial score (nSPS) is 33.5. The van der Waals surface area contributed by atoms with Crippen molar-refractivity contribution >= 4 is 5.78 Å². The molecular weight excluding hydrogens is 152 g/mol. The van der Waals surface area contributed by atoms with E-state index in [2.05, 4.69) is 6.08 Å². The largest absolute Gasteiger partial charge is 0.392 e. The van der Waals surface area contributed by atoms with Gasteiger partial charge in [-0.05, 0) is 32.6 Å². The van der Waals surface area contributed by atoms with Crippen molar-refractivity contribution in [3.8, 4) is 0 Å². The molecule has 0 aromatic rings. The molecule has 0 aromatic heterocycles. The molecule has 0 heterocycles. The zero-order chi connectivity index (χ0) is 8.97. The number of carbonyl (C=O) groups is 1. The number of hydrogen-bond donors (Lipinski definition) is 1. The van der Waals surface area contributed by atoms with Crippen molar-refractivity contribution < 1.29 is 9.90 Å². The fraction of sp³-hybridized carbons (Fsp3) is 0.700. The van der Waals surface area contributed by atoms with Crippen LogP contribution in [-0.2, 0) is 4.79 Å². The highest BCUT2D eigenvalue weighted by Gasteiger charge is 2.22. The first-order valence-electron chi connectivity index (χ1n) is 4.55. The van der Waals surface area contributed by atoms with Crippen molar-refractivity contribution in [2.24, 2.45) is 5.92 Å². The first-order valence-corrected chi connectivity index (χ1v) is 4.55. The summed E-state index contributed by atoms with van der Waals surface area (Å²) in [6.45, 7) is 1.56. The topological polar surface area (TPSA) is 37.3 Å². The Hall–Kier alpha value is -0.630. The molecule has 2 heteroatoms. The van der Waals surface area contributed by atoms with E-state index in [-0.39, 0.29) is 11.7 Å². The zero-order valence-electron chi connectivity index (χ0n) is 7.49. The molecule has 2 atom stereocenters. The van der Waals surface area contributed by atoms with Crippen molar-refractivity contribution in [1.82, 2.24) is 0 Å². The van der Waals surface area contributed by atoms with Crippen LogP contribution in [-0.4, -0.2) is 17.0 Å². The molecule has 1 N–H and O–H groups in total. The second-order valence-corrected chi connectivity index (χ2v) is 3.42. The van der Waals surface area contributed by atoms with Crippen molar-refractivity contribution in [2.45, 2.75) is 38.7 Å². The molecule has 68 valence electrons. The van der Waals surface area contributed by atoms with E-state index in [9.17, 15) is 9.90 Å². The van der Waals surface area contributed by atoms with Crippen LogP contribution in [0, 0.1) is 5.92 Å². The number of allylic oxidation sites excluding steroid dienone is 2. The SMILES string of the molecule is CC(=O)C1C/C=C\CCCC1O. The molecule has 0 aromatic carbocycles. The highest BCUT2D eigenvalue weighted by molar-refractivity contribution is 5.79. The van der Waals surface area contributed by atoms with Crippen LogP contribution in [0.4, 0.5) is 0 Å². The zero-order valence-corrected chi connectivity index (χ0v) is 7.49. The van der Waals surface area contributed by atoms with Gasteiger partial charge >= 0.3 is 0 Å². The fourth-order valence-electron chi connectivity index (χ4n) is 1.60. The number of hydrogen-bond acceptors (Lipinski definition) is 2. The summed E-state index contributed by atoms with van der Waals surface area (Å²) in [4.78, 5) is 11.1. The average Bonchev–Trinajstić information content (AvgIpc) is 1.96. The highest BCUT2D eigenvalue weighted by Crippen LogP contribution is 2.19. The van der Waals surface area contributed by atoms with Crippen molar-refractivity contribution in [2.75, 3.05) is 0 Å². The van der Waals surface area contributed by atoms with Crippen LogP contribution in [0.3, 0.4) is 0 Å². The Kier molecular flexibility index (Phi) is 3.48. The minimum absolute atomic E-state index is 0.106. The van der Waals surface area contributed by atoms with Gasteiger partial charge < -0.3 is 5.11 Å². The maximum atomic E-state index is 11.1. The fourth-order valence-corrected chi connectivity index (χ4v) is 1.60. The third-order valence-corrected chi connectivity index (χ3v) is 2.41. The Balaban J connectivity index is 2.60. The van der Waals surface area contributed by atoms with E-state index in [0.29, 0.717) is 6.42 Å². The minimum atomic E-state index is -0.424. The molecule has 0 amide bonds. The quantitative estimate of drug-likeness (QED) is 0.605. The van der Waals surface area contributed by atoms with E-state index >= 15 is 0 Å². The van der Waals surface area contributed by atoms with Gasteiger partial charge in [-0.15, -0.1) is 0 Å². The molecule has 0 fully saturated rings. The van der Waals surface area contributed by atoms with Crippen molar-refractivity contribution in [3.05, 3.63) is 12.2 Å². The van der Waals surface area contributed by atoms with Gasteiger partial charge in [-0.1, -0.05) is 12.2 Å². The molecular formula is C10H16O2. The lowest BCUT2D eigenvalue weighted by Crippen LogP contribution is -2.26. The Bertz CT molecular complexity index is 184. The van der Waals surface area contributed by atoms with Crippen LogP contribution in [0.1, 0.15) is 32.6 Å². The molecule has 2 nitrogen and oxygen atoms in total. The number of aliphatic hydroxyl groups excluding tert-OH is 1. The van der Waals surface area contributed by atoms with Crippen molar-refractivity contribution in [1.29, 1.82) is 0 Å². The van der Waals surface area contributed by atoms with E-state index in [1.807, 2.05) is 6.08 Å². The molecule has 0 spiro atoms. The van der Waals surface area contributed by atoms with Gasteiger partial charge in [0.05, 0.1) is 6.10 Å². The van der Waals surface area contributed by atoms with Gasteiger partial charge in [0.15, 0.2) is 0 Å². The molecule has 1 aliphatic rings. The molecule has 1 rings (SSSR count). The minimum Gasteiger partial charge on any atom is -0.392 e. The van der Waals surface area contributed by atoms with Crippen LogP contribution in [0.25, 0.3) is 0 Å². The van der Waals surface area contributed by atoms with Gasteiger partial charge in [-0.25, -0.2) is 0 Å². The Morgan fingerprint density at radius 3 is 2.92 bits per heavy atom. The standard InChI is InChI=1S/C10H16O2/c1-8(11)9-6-4-2-3-5-7-10(9)12/h2,4,9-10,12H,3,5-7H2,1H3/b4-2-. The molecule has 0 saturated carbocycles. The molecule has 0 aliphatic heterocycles. The number of rotatable bonds is 1. The van der Waals surface area contributed by atoms with Crippen LogP contribution in [0.5, 0.6) is 0 Å². The molecule has 0 radical (unpaired) electrons. The summed E-state index contributed by atoms with van der Waals surface area (Å²) >= 11 is 0. The van der Waals surface area contributed by atoms with Crippen LogP contribution >= 0.6 is 0 Å². The Morgan fingerprint density at radius 2 is 2.25 bits per heavy atom. The van der Waals surface area contributed by atoms with Gasteiger partial charge in [0.25, 0.3) is 0 Å². The van der Waals surface area contributed by atoms with E-state index in [4.69, 9.17) is 0 Å². The van der Waals surface area contributed by atoms with Crippen LogP contribution in [0.15, 0.2) is 12.2 Å². The van der Waals surface area contributed by atoms with Gasteiger partial charge in [0, 0.05) is 5.92 Å². The lowest BCUT2D eigenvalue weighted by atomic mass is 9.89. The van der Waals surface area contributed by atoms with Crippen molar-refractivity contribution in [3.63, 3.8) is 0 Å². The number of Topliss-reactive ketones (excluding diaryl/α,β-unsaturated/α-hetero) is 1. The first-order chi connectivity index (χ1) is 5.72. The van der Waals surface area contributed by atoms with Gasteiger partial charge in [-0.2, -0.15) is 0 Å². The summed E-state index contributed by atoms with van der Waals surface area (Å²) in [5.41, 5.74) is 0. The smallest absolute Gasteiger partial charge is 0.135 e. The predicted octanol–water partition coefficient (Wildman–Crippen LogP) is 1.68. The second-order valence-electron chi connectivity index (χ2n) is 3.42. The third-order valence-electron chi connectivity index (χ3n) is 2.41. The summed E-state index contributed by atoms with van der Waals surface area (Å²) in [5.74, 6) is -0.0596. The van der Waals surface area contributed by atoms with E-state index in [1.54, 1.807) is 6.92 Å². The summed E-state index contributed by atoms with van der Waals surface area (Å²) in [7, 11) is 0. The Labute approximate surface area is 73.3 Å². The average molecular weight is 168 g/mol. The molecule has 1 aliphatic carbocycles. The molecule has 2 unspecified atom stereocenters. The van der Waals surface area contributed by atoms with E-state index in [1.165, 1.54) is 0 Å². The van der Waals surface area contributed by atoms with E-state index in [0.717, 1.165) is 19.3 Å². The Morgan fingerprint density at radius 1 is 1.50 bits per heavy atom. The second kappa shape index (κ2) is 4.41. The number of aliphatic hydroxyl groups is 1. The van der Waals surface area contributed by atoms with E-state index < -0.39 is 6.10 Å². The third kappa shape index (κ3) is 2.45. The van der Waals surface area contributed by atoms with Crippen LogP contribution < -0.4 is 0 Å². The first kappa shape index (κ1) is 9.46. The maximum absolute atomic E-state index is 11.1. The summed E-state index contributed by atoms with van der Waals surface area (Å²) in [5, 5.41) is 9.59.